The van der Waals surface area contributed by atoms with Crippen molar-refractivity contribution in [1.29, 1.82) is 0 Å². The minimum absolute atomic E-state index is 0.0408. The van der Waals surface area contributed by atoms with E-state index in [9.17, 15) is 9.59 Å². The Kier molecular flexibility index (Phi) is 7.37. The van der Waals surface area contributed by atoms with Crippen LogP contribution in [0.4, 0.5) is 16.2 Å². The number of nitrogens with one attached hydrogen (secondary N) is 2. The first-order chi connectivity index (χ1) is 18.0. The van der Waals surface area contributed by atoms with Crippen molar-refractivity contribution in [2.45, 2.75) is 24.0 Å². The number of anilines is 2. The topological polar surface area (TPSA) is 128 Å². The number of carbonyl (C=O) groups excluding carboxylic acids is 2. The van der Waals surface area contributed by atoms with Crippen LogP contribution in [0.2, 0.25) is 0 Å². The highest BCUT2D eigenvalue weighted by molar-refractivity contribution is 8.00. The Morgan fingerprint density at radius 3 is 2.70 bits per heavy atom. The van der Waals surface area contributed by atoms with Gasteiger partial charge in [0.15, 0.2) is 5.82 Å². The van der Waals surface area contributed by atoms with Gasteiger partial charge in [-0.25, -0.2) is 4.79 Å². The lowest BCUT2D eigenvalue weighted by Crippen LogP contribution is -2.26. The number of nitrogens with zero attached hydrogens (tertiary/aromatic N) is 4. The van der Waals surface area contributed by atoms with Crippen molar-refractivity contribution in [2.75, 3.05) is 43.3 Å². The highest BCUT2D eigenvalue weighted by atomic mass is 32.2. The molecule has 0 unspecified atom stereocenters. The zero-order valence-electron chi connectivity index (χ0n) is 20.4. The summed E-state index contributed by atoms with van der Waals surface area (Å²) >= 11 is 1.49. The van der Waals surface area contributed by atoms with E-state index < -0.39 is 0 Å². The third-order valence-electron chi connectivity index (χ3n) is 5.90. The minimum atomic E-state index is -0.379. The normalized spacial score (nSPS) is 16.7. The average molecular weight is 523 g/mol. The molecule has 11 nitrogen and oxygen atoms in total. The molecule has 2 aliphatic rings. The number of thioether (sulfide) groups is 1. The third-order valence-corrected chi connectivity index (χ3v) is 6.97. The van der Waals surface area contributed by atoms with Gasteiger partial charge in [-0.2, -0.15) is 9.97 Å². The molecular weight excluding hydrogens is 496 g/mol. The van der Waals surface area contributed by atoms with Gasteiger partial charge >= 0.3 is 18.1 Å². The van der Waals surface area contributed by atoms with Gasteiger partial charge in [-0.15, -0.1) is 16.7 Å². The van der Waals surface area contributed by atoms with Crippen LogP contribution in [0.15, 0.2) is 47.4 Å². The number of fused-ring (bicyclic) bond motifs is 1. The molecule has 0 aliphatic carbocycles. The maximum Gasteiger partial charge on any atom is 0.414 e. The number of hydrogen-bond acceptors (Lipinski definition) is 10. The maximum atomic E-state index is 12.5. The Balaban J connectivity index is 1.14. The molecule has 2 aromatic carbocycles. The van der Waals surface area contributed by atoms with Crippen LogP contribution in [0.3, 0.4) is 0 Å². The van der Waals surface area contributed by atoms with Gasteiger partial charge in [0.2, 0.25) is 5.91 Å². The minimum Gasteiger partial charge on any atom is -0.467 e. The highest BCUT2D eigenvalue weighted by Crippen LogP contribution is 2.35. The van der Waals surface area contributed by atoms with Crippen molar-refractivity contribution in [3.63, 3.8) is 0 Å². The lowest BCUT2D eigenvalue weighted by molar-refractivity contribution is -0.113. The summed E-state index contributed by atoms with van der Waals surface area (Å²) in [6.07, 6.45) is 0.0635. The summed E-state index contributed by atoms with van der Waals surface area (Å²) in [4.78, 5) is 39.4. The maximum absolute atomic E-state index is 12.5. The predicted molar refractivity (Wildman–Crippen MR) is 138 cm³/mol. The van der Waals surface area contributed by atoms with E-state index in [2.05, 4.69) is 25.6 Å². The molecule has 2 N–H and O–H groups in total. The molecule has 12 heteroatoms. The Morgan fingerprint density at radius 1 is 1.11 bits per heavy atom. The van der Waals surface area contributed by atoms with Gasteiger partial charge in [0.25, 0.3) is 0 Å². The Hall–Kier alpha value is -3.90. The lowest BCUT2D eigenvalue weighted by Gasteiger charge is -2.20. The summed E-state index contributed by atoms with van der Waals surface area (Å²) < 4.78 is 15.9. The fourth-order valence-corrected chi connectivity index (χ4v) is 4.88. The average Bonchev–Trinajstić information content (AvgIpc) is 3.30. The Bertz CT molecular complexity index is 1300. The van der Waals surface area contributed by atoms with Crippen molar-refractivity contribution in [1.82, 2.24) is 20.3 Å². The number of rotatable bonds is 9. The number of carbonyl (C=O) groups is 2. The van der Waals surface area contributed by atoms with E-state index in [0.29, 0.717) is 43.3 Å². The second kappa shape index (κ2) is 11.0. The van der Waals surface area contributed by atoms with Gasteiger partial charge < -0.3 is 24.8 Å². The standard InChI is InChI=1S/C25H26N6O5S/c1-34-23-28-22(29-24(30-23)35-2)16-5-3-4-15(10-16)12-26-9-8-18-13-31(25(33)36-18)17-6-7-20-19(11-17)27-21(32)14-37-20/h3-7,10-11,18,26H,8-9,12-14H2,1-2H3,(H,27,32)/t18-/m1/s1. The van der Waals surface area contributed by atoms with Gasteiger partial charge in [-0.1, -0.05) is 18.2 Å². The first kappa shape index (κ1) is 24.8. The molecular formula is C25H26N6O5S. The van der Waals surface area contributed by atoms with Crippen LogP contribution in [-0.2, 0) is 16.1 Å². The molecule has 3 heterocycles. The number of ether oxygens (including phenoxy) is 3. The molecule has 1 fully saturated rings. The molecule has 0 saturated carbocycles. The van der Waals surface area contributed by atoms with Crippen molar-refractivity contribution in [3.05, 3.63) is 48.0 Å². The van der Waals surface area contributed by atoms with Crippen LogP contribution < -0.4 is 25.0 Å². The monoisotopic (exact) mass is 522 g/mol. The zero-order valence-corrected chi connectivity index (χ0v) is 21.2. The smallest absolute Gasteiger partial charge is 0.414 e. The van der Waals surface area contributed by atoms with Gasteiger partial charge in [0.1, 0.15) is 6.10 Å². The third kappa shape index (κ3) is 5.75. The molecule has 1 atom stereocenters. The molecule has 3 aromatic rings. The largest absolute Gasteiger partial charge is 0.467 e. The van der Waals surface area contributed by atoms with Crippen LogP contribution in [0.5, 0.6) is 12.0 Å². The second-order valence-electron chi connectivity index (χ2n) is 8.43. The summed E-state index contributed by atoms with van der Waals surface area (Å²) in [7, 11) is 2.98. The van der Waals surface area contributed by atoms with Crippen LogP contribution in [0, 0.1) is 0 Å². The molecule has 192 valence electrons. The molecule has 2 aliphatic heterocycles. The molecule has 1 saturated heterocycles. The van der Waals surface area contributed by atoms with Gasteiger partial charge in [0.05, 0.1) is 32.2 Å². The lowest BCUT2D eigenvalue weighted by atomic mass is 10.1. The van der Waals surface area contributed by atoms with Crippen LogP contribution in [0.1, 0.15) is 12.0 Å². The fourth-order valence-electron chi connectivity index (χ4n) is 4.09. The highest BCUT2D eigenvalue weighted by Gasteiger charge is 2.32. The van der Waals surface area contributed by atoms with E-state index >= 15 is 0 Å². The van der Waals surface area contributed by atoms with E-state index in [1.54, 1.807) is 4.90 Å². The first-order valence-electron chi connectivity index (χ1n) is 11.7. The fraction of sp³-hybridized carbons (Fsp3) is 0.320. The number of hydrogen-bond donors (Lipinski definition) is 2. The van der Waals surface area contributed by atoms with E-state index in [1.807, 2.05) is 42.5 Å². The summed E-state index contributed by atoms with van der Waals surface area (Å²) in [5.74, 6) is 0.822. The van der Waals surface area contributed by atoms with Crippen LogP contribution in [-0.4, -0.2) is 66.1 Å². The quantitative estimate of drug-likeness (QED) is 0.405. The number of cyclic esters (lactones) is 1. The van der Waals surface area contributed by atoms with E-state index in [-0.39, 0.29) is 30.1 Å². The van der Waals surface area contributed by atoms with E-state index in [0.717, 1.165) is 21.7 Å². The molecule has 1 aromatic heterocycles. The summed E-state index contributed by atoms with van der Waals surface area (Å²) in [5.41, 5.74) is 3.31. The van der Waals surface area contributed by atoms with E-state index in [1.165, 1.54) is 26.0 Å². The van der Waals surface area contributed by atoms with Crippen LogP contribution >= 0.6 is 11.8 Å². The number of methoxy groups -OCH3 is 2. The zero-order chi connectivity index (χ0) is 25.8. The second-order valence-corrected chi connectivity index (χ2v) is 9.45. The van der Waals surface area contributed by atoms with Gasteiger partial charge in [-0.05, 0) is 42.8 Å². The van der Waals surface area contributed by atoms with Gasteiger partial charge in [0, 0.05) is 22.7 Å². The summed E-state index contributed by atoms with van der Waals surface area (Å²) in [6.45, 7) is 1.75. The SMILES string of the molecule is COc1nc(OC)nc(-c2cccc(CNCC[C@@H]3CN(c4ccc5c(c4)NC(=O)CS5)C(=O)O3)c2)n1. The predicted octanol–water partition coefficient (Wildman–Crippen LogP) is 3.11. The van der Waals surface area contributed by atoms with Crippen molar-refractivity contribution < 1.29 is 23.8 Å². The molecule has 5 rings (SSSR count). The molecule has 2 amide bonds. The van der Waals surface area contributed by atoms with Crippen molar-refractivity contribution >= 4 is 35.1 Å². The number of aromatic nitrogens is 3. The van der Waals surface area contributed by atoms with Crippen LogP contribution in [0.25, 0.3) is 11.4 Å². The Labute approximate surface area is 217 Å². The molecule has 0 bridgehead atoms. The number of benzene rings is 2. The summed E-state index contributed by atoms with van der Waals surface area (Å²) in [6, 6.07) is 13.9. The number of amides is 2. The van der Waals surface area contributed by atoms with Gasteiger partial charge in [-0.3, -0.25) is 9.69 Å². The first-order valence-corrected chi connectivity index (χ1v) is 12.7. The molecule has 0 radical (unpaired) electrons. The van der Waals surface area contributed by atoms with Crippen molar-refractivity contribution in [3.8, 4) is 23.4 Å². The molecule has 37 heavy (non-hydrogen) atoms. The molecule has 0 spiro atoms. The van der Waals surface area contributed by atoms with Crippen molar-refractivity contribution in [2.24, 2.45) is 0 Å². The summed E-state index contributed by atoms with van der Waals surface area (Å²) in [5, 5.41) is 6.27. The van der Waals surface area contributed by atoms with E-state index in [4.69, 9.17) is 14.2 Å². The Morgan fingerprint density at radius 2 is 1.92 bits per heavy atom.